The average Bonchev–Trinajstić information content (AvgIpc) is 3.20. The van der Waals surface area contributed by atoms with Crippen molar-refractivity contribution in [3.05, 3.63) is 142 Å². The summed E-state index contributed by atoms with van der Waals surface area (Å²) < 4.78 is 53.0. The molecule has 4 aromatic carbocycles. The standard InChI is InChI=1S/2C20H20N.C13H21F3O2.Ir/c2*1-13(2)16-5-6-19-17(12-16)7-8-21-20(19)18-10-14(3)9-15(4)11-18;1-4-9(5-2)11(17)7-12(18)10(6-3)8-13(14,15)16;/h2*5-10,12-13H,1-4H3;7,9-10,18H,4-6,8H2,1-3H3;/q2*-1;;/b;;12-7-;/i7D,8D;;;. The van der Waals surface area contributed by atoms with Crippen LogP contribution in [-0.4, -0.2) is 27.0 Å². The number of benzene rings is 4. The fraction of sp³-hybridized carbons (Fsp3) is 0.377. The Labute approximate surface area is 378 Å². The first kappa shape index (κ1) is 47.4. The number of allylic oxidation sites excluding steroid dienone is 2. The normalized spacial score (nSPS) is 12.6. The van der Waals surface area contributed by atoms with Crippen LogP contribution in [0.25, 0.3) is 44.1 Å². The van der Waals surface area contributed by atoms with Crippen molar-refractivity contribution >= 4 is 27.3 Å². The summed E-state index contributed by atoms with van der Waals surface area (Å²) in [6.07, 6.45) is -1.16. The number of aliphatic hydroxyl groups is 1. The van der Waals surface area contributed by atoms with Crippen molar-refractivity contribution in [2.24, 2.45) is 11.8 Å². The molecule has 0 aliphatic heterocycles. The Morgan fingerprint density at radius 2 is 1.20 bits per heavy atom. The number of aryl methyl sites for hydroxylation is 4. The van der Waals surface area contributed by atoms with E-state index >= 15 is 0 Å². The molecule has 0 amide bonds. The molecule has 1 atom stereocenters. The molecule has 4 nitrogen and oxygen atoms in total. The van der Waals surface area contributed by atoms with Crippen LogP contribution in [0.2, 0.25) is 0 Å². The van der Waals surface area contributed by atoms with Crippen molar-refractivity contribution in [3.8, 4) is 22.5 Å². The molecule has 0 saturated heterocycles. The zero-order chi connectivity index (χ0) is 46.1. The zero-order valence-electron chi connectivity index (χ0n) is 39.4. The number of ketones is 1. The molecule has 2 aromatic heterocycles. The van der Waals surface area contributed by atoms with Gasteiger partial charge < -0.3 is 15.1 Å². The molecular weight excluding hydrogens is 946 g/mol. The maximum atomic E-state index is 12.3. The molecule has 61 heavy (non-hydrogen) atoms. The minimum atomic E-state index is -4.33. The fourth-order valence-electron chi connectivity index (χ4n) is 7.27. The fourth-order valence-corrected chi connectivity index (χ4v) is 7.27. The number of hydrogen-bond donors (Lipinski definition) is 1. The van der Waals surface area contributed by atoms with E-state index in [-0.39, 0.29) is 50.4 Å². The summed E-state index contributed by atoms with van der Waals surface area (Å²) in [4.78, 5) is 20.7. The molecule has 1 radical (unpaired) electrons. The molecule has 0 aliphatic carbocycles. The molecule has 0 spiro atoms. The van der Waals surface area contributed by atoms with E-state index in [9.17, 15) is 23.1 Å². The summed E-state index contributed by atoms with van der Waals surface area (Å²) >= 11 is 0. The van der Waals surface area contributed by atoms with Crippen molar-refractivity contribution in [2.75, 3.05) is 0 Å². The van der Waals surface area contributed by atoms with Gasteiger partial charge in [-0.3, -0.25) is 4.79 Å². The van der Waals surface area contributed by atoms with Crippen molar-refractivity contribution < 1.29 is 45.9 Å². The summed E-state index contributed by atoms with van der Waals surface area (Å²) in [7, 11) is 0. The van der Waals surface area contributed by atoms with Gasteiger partial charge in [0.1, 0.15) is 0 Å². The number of pyridine rings is 2. The van der Waals surface area contributed by atoms with Gasteiger partial charge in [0.05, 0.1) is 14.9 Å². The summed E-state index contributed by atoms with van der Waals surface area (Å²) in [6, 6.07) is 30.3. The first-order valence-corrected chi connectivity index (χ1v) is 21.0. The van der Waals surface area contributed by atoms with Crippen LogP contribution in [0.5, 0.6) is 0 Å². The Balaban J connectivity index is 0.000000252. The molecule has 6 aromatic rings. The molecule has 2 heterocycles. The topological polar surface area (TPSA) is 63.1 Å². The van der Waals surface area contributed by atoms with E-state index in [0.29, 0.717) is 24.7 Å². The second kappa shape index (κ2) is 23.0. The first-order chi connectivity index (χ1) is 29.2. The van der Waals surface area contributed by atoms with E-state index in [4.69, 9.17) is 2.74 Å². The second-order valence-corrected chi connectivity index (χ2v) is 16.4. The van der Waals surface area contributed by atoms with Crippen LogP contribution in [-0.2, 0) is 24.9 Å². The second-order valence-electron chi connectivity index (χ2n) is 16.4. The predicted molar refractivity (Wildman–Crippen MR) is 243 cm³/mol. The third kappa shape index (κ3) is 14.5. The molecule has 0 bridgehead atoms. The van der Waals surface area contributed by atoms with Gasteiger partial charge in [0.15, 0.2) is 5.78 Å². The monoisotopic (exact) mass is 1010 g/mol. The maximum absolute atomic E-state index is 12.3. The van der Waals surface area contributed by atoms with E-state index in [1.807, 2.05) is 52.1 Å². The van der Waals surface area contributed by atoms with Crippen LogP contribution in [0, 0.1) is 51.7 Å². The Kier molecular flexibility index (Phi) is 17.9. The Bertz CT molecular complexity index is 2490. The molecule has 8 heteroatoms. The number of alkyl halides is 3. The Hall–Kier alpha value is -4.65. The number of fused-ring (bicyclic) bond motifs is 2. The number of rotatable bonds is 11. The van der Waals surface area contributed by atoms with Crippen LogP contribution in [0.4, 0.5) is 13.2 Å². The first-order valence-electron chi connectivity index (χ1n) is 22.0. The van der Waals surface area contributed by atoms with Crippen molar-refractivity contribution in [1.82, 2.24) is 9.97 Å². The third-order valence-electron chi connectivity index (χ3n) is 10.7. The average molecular weight is 1010 g/mol. The largest absolute Gasteiger partial charge is 0.512 e. The van der Waals surface area contributed by atoms with E-state index in [2.05, 4.69) is 112 Å². The number of nitrogens with zero attached hydrogens (tertiary/aromatic N) is 2. The number of carbonyl (C=O) groups excluding carboxylic acids is 1. The molecule has 327 valence electrons. The van der Waals surface area contributed by atoms with Crippen molar-refractivity contribution in [3.63, 3.8) is 0 Å². The minimum Gasteiger partial charge on any atom is -0.512 e. The molecule has 1 unspecified atom stereocenters. The van der Waals surface area contributed by atoms with Crippen molar-refractivity contribution in [1.29, 1.82) is 0 Å². The van der Waals surface area contributed by atoms with Crippen LogP contribution in [0.15, 0.2) is 97.0 Å². The molecular formula is C53H61F3IrN2O2-2. The van der Waals surface area contributed by atoms with Gasteiger partial charge in [-0.05, 0) is 87.3 Å². The molecule has 0 fully saturated rings. The van der Waals surface area contributed by atoms with Gasteiger partial charge in [-0.15, -0.1) is 69.8 Å². The third-order valence-corrected chi connectivity index (χ3v) is 10.7. The number of aromatic nitrogens is 2. The predicted octanol–water partition coefficient (Wildman–Crippen LogP) is 15.3. The van der Waals surface area contributed by atoms with E-state index in [1.54, 1.807) is 6.92 Å². The van der Waals surface area contributed by atoms with Crippen LogP contribution in [0.3, 0.4) is 0 Å². The quantitative estimate of drug-likeness (QED) is 0.0798. The van der Waals surface area contributed by atoms with Gasteiger partial charge in [0.25, 0.3) is 0 Å². The molecule has 0 aliphatic rings. The van der Waals surface area contributed by atoms with Gasteiger partial charge in [-0.25, -0.2) is 0 Å². The van der Waals surface area contributed by atoms with Crippen molar-refractivity contribution in [2.45, 2.75) is 120 Å². The van der Waals surface area contributed by atoms with Crippen LogP contribution in [0.1, 0.15) is 122 Å². The van der Waals surface area contributed by atoms with E-state index in [0.717, 1.165) is 56.1 Å². The van der Waals surface area contributed by atoms with E-state index < -0.39 is 24.3 Å². The number of aliphatic hydroxyl groups excluding tert-OH is 1. The van der Waals surface area contributed by atoms with Gasteiger partial charge in [0, 0.05) is 50.4 Å². The van der Waals surface area contributed by atoms with Gasteiger partial charge in [-0.2, -0.15) is 13.2 Å². The summed E-state index contributed by atoms with van der Waals surface area (Å²) in [6.45, 7) is 22.2. The van der Waals surface area contributed by atoms with E-state index in [1.165, 1.54) is 27.5 Å². The zero-order valence-corrected chi connectivity index (χ0v) is 39.8. The Morgan fingerprint density at radius 3 is 1.66 bits per heavy atom. The number of hydrogen-bond acceptors (Lipinski definition) is 4. The van der Waals surface area contributed by atoms with Crippen LogP contribution < -0.4 is 0 Å². The van der Waals surface area contributed by atoms with Crippen LogP contribution >= 0.6 is 0 Å². The molecule has 0 saturated carbocycles. The number of carbonyl (C=O) groups is 1. The SMILES string of the molecule is CCC(CC)C(=O)/C=C(\O)C(CC)CC(F)(F)F.Cc1[c-]c(-c2nccc3cc(C(C)C)ccc23)cc(C)c1.[2H]c1nc(-c2[c-]c(C)cc(C)c2)c2ccc(C(C)C)cc2c1[2H].[Ir]. The minimum absolute atomic E-state index is 0. The van der Waals surface area contributed by atoms with Gasteiger partial charge >= 0.3 is 6.18 Å². The van der Waals surface area contributed by atoms with Gasteiger partial charge in [0.2, 0.25) is 0 Å². The molecule has 1 N–H and O–H groups in total. The Morgan fingerprint density at radius 1 is 0.721 bits per heavy atom. The summed E-state index contributed by atoms with van der Waals surface area (Å²) in [5.74, 6) is -1.07. The summed E-state index contributed by atoms with van der Waals surface area (Å²) in [5.41, 5.74) is 10.9. The number of halogens is 3. The smallest absolute Gasteiger partial charge is 0.389 e. The maximum Gasteiger partial charge on any atom is 0.389 e. The van der Waals surface area contributed by atoms with Gasteiger partial charge in [-0.1, -0.05) is 113 Å². The summed E-state index contributed by atoms with van der Waals surface area (Å²) in [5, 5.41) is 13.8. The molecule has 6 rings (SSSR count).